The third-order valence-electron chi connectivity index (χ3n) is 5.30. The monoisotopic (exact) mass is 253 g/mol. The smallest absolute Gasteiger partial charge is 0.0145 e. The van der Waals surface area contributed by atoms with Crippen LogP contribution in [0.4, 0.5) is 0 Å². The molecule has 2 rings (SSSR count). The Labute approximate surface area is 113 Å². The SMILES string of the molecule is CNCC(C)C(C)N1CCC2C(CCCN2C)C1. The molecule has 4 atom stereocenters. The van der Waals surface area contributed by atoms with Gasteiger partial charge in [0.2, 0.25) is 0 Å². The van der Waals surface area contributed by atoms with Crippen LogP contribution in [0.3, 0.4) is 0 Å². The topological polar surface area (TPSA) is 18.5 Å². The van der Waals surface area contributed by atoms with E-state index in [1.54, 1.807) is 0 Å². The van der Waals surface area contributed by atoms with Gasteiger partial charge in [0, 0.05) is 18.6 Å². The van der Waals surface area contributed by atoms with Gasteiger partial charge in [0.25, 0.3) is 0 Å². The molecule has 0 aromatic rings. The van der Waals surface area contributed by atoms with Gasteiger partial charge in [-0.1, -0.05) is 6.92 Å². The van der Waals surface area contributed by atoms with Crippen LogP contribution in [0.5, 0.6) is 0 Å². The van der Waals surface area contributed by atoms with Gasteiger partial charge in [0.05, 0.1) is 0 Å². The number of hydrogen-bond acceptors (Lipinski definition) is 3. The summed E-state index contributed by atoms with van der Waals surface area (Å²) in [6, 6.07) is 1.58. The molecule has 4 unspecified atom stereocenters. The average molecular weight is 253 g/mol. The molecule has 0 amide bonds. The quantitative estimate of drug-likeness (QED) is 0.822. The van der Waals surface area contributed by atoms with Crippen molar-refractivity contribution >= 4 is 0 Å². The third kappa shape index (κ3) is 3.06. The largest absolute Gasteiger partial charge is 0.319 e. The first-order valence-corrected chi connectivity index (χ1v) is 7.72. The van der Waals surface area contributed by atoms with Crippen molar-refractivity contribution in [3.05, 3.63) is 0 Å². The molecule has 0 aromatic carbocycles. The molecule has 0 bridgehead atoms. The van der Waals surface area contributed by atoms with Crippen molar-refractivity contribution in [2.75, 3.05) is 40.3 Å². The van der Waals surface area contributed by atoms with Crippen LogP contribution < -0.4 is 5.32 Å². The Kier molecular flexibility index (Phi) is 5.05. The summed E-state index contributed by atoms with van der Waals surface area (Å²) in [4.78, 5) is 5.34. The first-order valence-electron chi connectivity index (χ1n) is 7.72. The zero-order valence-corrected chi connectivity index (χ0v) is 12.7. The fourth-order valence-corrected chi connectivity index (χ4v) is 3.90. The van der Waals surface area contributed by atoms with Crippen molar-refractivity contribution in [2.45, 2.75) is 45.2 Å². The maximum Gasteiger partial charge on any atom is 0.0145 e. The van der Waals surface area contributed by atoms with Gasteiger partial charge in [-0.05, 0) is 71.8 Å². The van der Waals surface area contributed by atoms with E-state index in [1.807, 2.05) is 0 Å². The third-order valence-corrected chi connectivity index (χ3v) is 5.30. The van der Waals surface area contributed by atoms with Crippen molar-refractivity contribution in [2.24, 2.45) is 11.8 Å². The molecular formula is C15H31N3. The van der Waals surface area contributed by atoms with Crippen molar-refractivity contribution in [3.63, 3.8) is 0 Å². The summed E-state index contributed by atoms with van der Waals surface area (Å²) in [6.45, 7) is 9.85. The Balaban J connectivity index is 1.90. The van der Waals surface area contributed by atoms with E-state index in [2.05, 4.69) is 43.1 Å². The standard InChI is InChI=1S/C15H31N3/c1-12(10-16-3)13(2)18-9-7-15-14(11-18)6-5-8-17(15)4/h12-16H,5-11H2,1-4H3. The number of nitrogens with zero attached hydrogens (tertiary/aromatic N) is 2. The van der Waals surface area contributed by atoms with E-state index in [1.165, 1.54) is 38.9 Å². The number of piperidine rings is 2. The molecule has 0 aromatic heterocycles. The number of hydrogen-bond donors (Lipinski definition) is 1. The summed E-state index contributed by atoms with van der Waals surface area (Å²) < 4.78 is 0. The van der Waals surface area contributed by atoms with Crippen LogP contribution in [0.15, 0.2) is 0 Å². The summed E-state index contributed by atoms with van der Waals surface area (Å²) in [5, 5.41) is 3.32. The summed E-state index contributed by atoms with van der Waals surface area (Å²) in [7, 11) is 4.38. The molecule has 2 heterocycles. The average Bonchev–Trinajstić information content (AvgIpc) is 2.38. The van der Waals surface area contributed by atoms with E-state index in [0.29, 0.717) is 6.04 Å². The van der Waals surface area contributed by atoms with Crippen LogP contribution in [0.1, 0.15) is 33.1 Å². The van der Waals surface area contributed by atoms with Crippen molar-refractivity contribution < 1.29 is 0 Å². The molecule has 18 heavy (non-hydrogen) atoms. The lowest BCUT2D eigenvalue weighted by atomic mass is 9.83. The van der Waals surface area contributed by atoms with Gasteiger partial charge in [-0.15, -0.1) is 0 Å². The van der Waals surface area contributed by atoms with Gasteiger partial charge in [-0.2, -0.15) is 0 Å². The van der Waals surface area contributed by atoms with Crippen LogP contribution in [0.25, 0.3) is 0 Å². The van der Waals surface area contributed by atoms with Crippen molar-refractivity contribution in [3.8, 4) is 0 Å². The predicted molar refractivity (Wildman–Crippen MR) is 77.9 cm³/mol. The van der Waals surface area contributed by atoms with E-state index >= 15 is 0 Å². The van der Waals surface area contributed by atoms with Gasteiger partial charge < -0.3 is 10.2 Å². The van der Waals surface area contributed by atoms with Crippen LogP contribution in [-0.2, 0) is 0 Å². The molecule has 0 aliphatic carbocycles. The van der Waals surface area contributed by atoms with Crippen LogP contribution in [0.2, 0.25) is 0 Å². The van der Waals surface area contributed by atoms with Crippen molar-refractivity contribution in [1.29, 1.82) is 0 Å². The molecule has 0 saturated carbocycles. The summed E-state index contributed by atoms with van der Waals surface area (Å²) in [5.74, 6) is 1.66. The van der Waals surface area contributed by atoms with Gasteiger partial charge in [0.15, 0.2) is 0 Å². The fourth-order valence-electron chi connectivity index (χ4n) is 3.90. The lowest BCUT2D eigenvalue weighted by Gasteiger charge is -2.48. The van der Waals surface area contributed by atoms with E-state index in [9.17, 15) is 0 Å². The molecular weight excluding hydrogens is 222 g/mol. The second-order valence-electron chi connectivity index (χ2n) is 6.51. The minimum absolute atomic E-state index is 0.714. The molecule has 2 saturated heterocycles. The Morgan fingerprint density at radius 3 is 2.72 bits per heavy atom. The van der Waals surface area contributed by atoms with E-state index in [4.69, 9.17) is 0 Å². The normalized spacial score (nSPS) is 34.0. The Bertz CT molecular complexity index is 256. The highest BCUT2D eigenvalue weighted by Gasteiger charge is 2.36. The Morgan fingerprint density at radius 2 is 2.00 bits per heavy atom. The molecule has 1 N–H and O–H groups in total. The molecule has 3 nitrogen and oxygen atoms in total. The first-order chi connectivity index (χ1) is 8.63. The van der Waals surface area contributed by atoms with Crippen molar-refractivity contribution in [1.82, 2.24) is 15.1 Å². The predicted octanol–water partition coefficient (Wildman–Crippen LogP) is 1.65. The van der Waals surface area contributed by atoms with E-state index in [-0.39, 0.29) is 0 Å². The van der Waals surface area contributed by atoms with Crippen LogP contribution in [-0.4, -0.2) is 62.2 Å². The highest BCUT2D eigenvalue weighted by atomic mass is 15.2. The molecule has 106 valence electrons. The summed E-state index contributed by atoms with van der Waals surface area (Å²) >= 11 is 0. The van der Waals surface area contributed by atoms with Gasteiger partial charge in [-0.3, -0.25) is 4.90 Å². The molecule has 0 spiro atoms. The first kappa shape index (κ1) is 14.3. The summed E-state index contributed by atoms with van der Waals surface area (Å²) in [6.07, 6.45) is 4.21. The molecule has 3 heteroatoms. The Hall–Kier alpha value is -0.120. The summed E-state index contributed by atoms with van der Waals surface area (Å²) in [5.41, 5.74) is 0. The maximum atomic E-state index is 3.32. The molecule has 2 aliphatic heterocycles. The number of fused-ring (bicyclic) bond motifs is 1. The van der Waals surface area contributed by atoms with Gasteiger partial charge in [0.1, 0.15) is 0 Å². The second-order valence-corrected chi connectivity index (χ2v) is 6.51. The maximum absolute atomic E-state index is 3.32. The number of nitrogens with one attached hydrogen (secondary N) is 1. The number of rotatable bonds is 4. The highest BCUT2D eigenvalue weighted by Crippen LogP contribution is 2.31. The van der Waals surface area contributed by atoms with E-state index < -0.39 is 0 Å². The lowest BCUT2D eigenvalue weighted by Crippen LogP contribution is -2.55. The molecule has 0 radical (unpaired) electrons. The zero-order chi connectivity index (χ0) is 13.1. The minimum atomic E-state index is 0.714. The number of likely N-dealkylation sites (tertiary alicyclic amines) is 2. The van der Waals surface area contributed by atoms with Crippen LogP contribution in [0, 0.1) is 11.8 Å². The zero-order valence-electron chi connectivity index (χ0n) is 12.7. The molecule has 2 fully saturated rings. The van der Waals surface area contributed by atoms with E-state index in [0.717, 1.165) is 24.4 Å². The van der Waals surface area contributed by atoms with Gasteiger partial charge in [-0.25, -0.2) is 0 Å². The van der Waals surface area contributed by atoms with Gasteiger partial charge >= 0.3 is 0 Å². The molecule has 2 aliphatic rings. The fraction of sp³-hybridized carbons (Fsp3) is 1.00. The lowest BCUT2D eigenvalue weighted by molar-refractivity contribution is 0.0133. The highest BCUT2D eigenvalue weighted by molar-refractivity contribution is 4.91. The van der Waals surface area contributed by atoms with Crippen LogP contribution >= 0.6 is 0 Å². The minimum Gasteiger partial charge on any atom is -0.319 e. The second kappa shape index (κ2) is 6.36. The Morgan fingerprint density at radius 1 is 1.22 bits per heavy atom.